The zero-order chi connectivity index (χ0) is 24.3. The number of carbonyl (C=O) groups excluding carboxylic acids is 5. The number of thiol groups is 1. The molecule has 14 heteroatoms. The summed E-state index contributed by atoms with van der Waals surface area (Å²) in [5, 5.41) is 16.1. The molecule has 0 spiro atoms. The van der Waals surface area contributed by atoms with Crippen LogP contribution in [0.2, 0.25) is 0 Å². The van der Waals surface area contributed by atoms with Crippen LogP contribution in [0.25, 0.3) is 0 Å². The molecule has 0 aromatic rings. The van der Waals surface area contributed by atoms with Crippen LogP contribution in [0.15, 0.2) is 0 Å². The predicted molar refractivity (Wildman–Crippen MR) is 112 cm³/mol. The molecule has 0 aliphatic heterocycles. The Bertz CT molecular complexity index is 702. The van der Waals surface area contributed by atoms with E-state index < -0.39 is 72.0 Å². The third-order valence-electron chi connectivity index (χ3n) is 4.11. The van der Waals surface area contributed by atoms with E-state index in [9.17, 15) is 28.8 Å². The molecule has 0 fully saturated rings. The van der Waals surface area contributed by atoms with E-state index in [-0.39, 0.29) is 18.6 Å². The molecule has 4 atom stereocenters. The van der Waals surface area contributed by atoms with Gasteiger partial charge in [0.2, 0.25) is 29.5 Å². The molecule has 0 aromatic carbocycles. The highest BCUT2D eigenvalue weighted by atomic mass is 32.1. The number of rotatable bonds is 14. The summed E-state index contributed by atoms with van der Waals surface area (Å²) in [5.41, 5.74) is 15.7. The van der Waals surface area contributed by atoms with Gasteiger partial charge < -0.3 is 38.3 Å². The number of primary amides is 2. The molecule has 0 saturated heterocycles. The van der Waals surface area contributed by atoms with Gasteiger partial charge in [-0.15, -0.1) is 0 Å². The first-order valence-corrected chi connectivity index (χ1v) is 10.00. The molecule has 0 heterocycles. The molecule has 0 saturated carbocycles. The summed E-state index contributed by atoms with van der Waals surface area (Å²) < 4.78 is 0. The molecule has 31 heavy (non-hydrogen) atoms. The van der Waals surface area contributed by atoms with Gasteiger partial charge in [0.25, 0.3) is 0 Å². The molecule has 0 aliphatic rings. The fourth-order valence-corrected chi connectivity index (χ4v) is 2.53. The van der Waals surface area contributed by atoms with Crippen molar-refractivity contribution < 1.29 is 33.9 Å². The molecule has 5 amide bonds. The minimum absolute atomic E-state index is 0.00343. The molecule has 0 aliphatic carbocycles. The van der Waals surface area contributed by atoms with E-state index in [0.717, 1.165) is 0 Å². The number of carboxylic acid groups (broad SMARTS) is 1. The number of amides is 5. The standard InChI is InChI=1S/C17H30N6O7S/c1-7(2)13(16(28)22-10(17(29)30)5-12(20)25)23-15(27)9(3-4-11(19)24)21-14(26)8(18)6-31/h7-10,13,31H,3-6,18H2,1-2H3,(H2,19,24)(H2,20,25)(H,21,26)(H,22,28)(H,23,27)(H,29,30). The lowest BCUT2D eigenvalue weighted by Gasteiger charge is -2.26. The quantitative estimate of drug-likeness (QED) is 0.121. The fraction of sp³-hybridized carbons (Fsp3) is 0.647. The van der Waals surface area contributed by atoms with Gasteiger partial charge in [0.15, 0.2) is 0 Å². The Morgan fingerprint density at radius 3 is 1.84 bits per heavy atom. The number of nitrogens with two attached hydrogens (primary N) is 3. The highest BCUT2D eigenvalue weighted by Crippen LogP contribution is 2.06. The van der Waals surface area contributed by atoms with Crippen molar-refractivity contribution in [1.82, 2.24) is 16.0 Å². The number of aliphatic carboxylic acids is 1. The summed E-state index contributed by atoms with van der Waals surface area (Å²) in [6.07, 6.45) is -1.02. The second-order valence-corrected chi connectivity index (χ2v) is 7.52. The Morgan fingerprint density at radius 1 is 0.871 bits per heavy atom. The minimum atomic E-state index is -1.58. The first-order valence-electron chi connectivity index (χ1n) is 9.37. The first-order chi connectivity index (χ1) is 14.3. The summed E-state index contributed by atoms with van der Waals surface area (Å²) in [6.45, 7) is 3.17. The van der Waals surface area contributed by atoms with Gasteiger partial charge in [0.05, 0.1) is 12.5 Å². The van der Waals surface area contributed by atoms with E-state index in [0.29, 0.717) is 0 Å². The topological polar surface area (TPSA) is 237 Å². The molecule has 0 radical (unpaired) electrons. The Kier molecular flexibility index (Phi) is 12.2. The van der Waals surface area contributed by atoms with Crippen LogP contribution in [0.5, 0.6) is 0 Å². The van der Waals surface area contributed by atoms with Crippen LogP contribution in [0.3, 0.4) is 0 Å². The van der Waals surface area contributed by atoms with Crippen molar-refractivity contribution in [3.8, 4) is 0 Å². The van der Waals surface area contributed by atoms with Crippen LogP contribution in [0, 0.1) is 5.92 Å². The van der Waals surface area contributed by atoms with Gasteiger partial charge >= 0.3 is 5.97 Å². The smallest absolute Gasteiger partial charge is 0.326 e. The SMILES string of the molecule is CC(C)C(NC(=O)C(CCC(N)=O)NC(=O)C(N)CS)C(=O)NC(CC(N)=O)C(=O)O. The molecular formula is C17H30N6O7S. The van der Waals surface area contributed by atoms with Crippen molar-refractivity contribution in [2.75, 3.05) is 5.75 Å². The van der Waals surface area contributed by atoms with E-state index in [1.165, 1.54) is 0 Å². The van der Waals surface area contributed by atoms with Crippen LogP contribution in [0.1, 0.15) is 33.1 Å². The van der Waals surface area contributed by atoms with E-state index in [1.54, 1.807) is 13.8 Å². The van der Waals surface area contributed by atoms with Crippen LogP contribution in [-0.4, -0.2) is 70.5 Å². The Balaban J connectivity index is 5.45. The van der Waals surface area contributed by atoms with Gasteiger partial charge in [-0.3, -0.25) is 24.0 Å². The molecule has 4 unspecified atom stereocenters. The fourth-order valence-electron chi connectivity index (χ4n) is 2.37. The van der Waals surface area contributed by atoms with Crippen LogP contribution < -0.4 is 33.2 Å². The zero-order valence-corrected chi connectivity index (χ0v) is 18.2. The van der Waals surface area contributed by atoms with Crippen molar-refractivity contribution in [2.45, 2.75) is 57.3 Å². The Hall–Kier alpha value is -2.87. The Labute approximate surface area is 184 Å². The van der Waals surface area contributed by atoms with Gasteiger partial charge in [-0.2, -0.15) is 12.6 Å². The van der Waals surface area contributed by atoms with E-state index >= 15 is 0 Å². The average Bonchev–Trinajstić information content (AvgIpc) is 2.66. The number of nitrogens with one attached hydrogen (secondary N) is 3. The van der Waals surface area contributed by atoms with Gasteiger partial charge in [-0.05, 0) is 12.3 Å². The summed E-state index contributed by atoms with van der Waals surface area (Å²) in [5.74, 6) is -6.00. The lowest BCUT2D eigenvalue weighted by molar-refractivity contribution is -0.144. The van der Waals surface area contributed by atoms with Gasteiger partial charge in [0.1, 0.15) is 18.1 Å². The highest BCUT2D eigenvalue weighted by molar-refractivity contribution is 7.80. The molecule has 13 nitrogen and oxygen atoms in total. The highest BCUT2D eigenvalue weighted by Gasteiger charge is 2.32. The minimum Gasteiger partial charge on any atom is -0.480 e. The van der Waals surface area contributed by atoms with Crippen molar-refractivity contribution in [1.29, 1.82) is 0 Å². The van der Waals surface area contributed by atoms with Gasteiger partial charge in [-0.25, -0.2) is 4.79 Å². The molecule has 176 valence electrons. The van der Waals surface area contributed by atoms with Crippen molar-refractivity contribution in [3.63, 3.8) is 0 Å². The third kappa shape index (κ3) is 10.6. The van der Waals surface area contributed by atoms with Crippen LogP contribution >= 0.6 is 12.6 Å². The maximum absolute atomic E-state index is 12.7. The third-order valence-corrected chi connectivity index (χ3v) is 4.51. The first kappa shape index (κ1) is 28.1. The van der Waals surface area contributed by atoms with Gasteiger partial charge in [-0.1, -0.05) is 13.8 Å². The monoisotopic (exact) mass is 462 g/mol. The second kappa shape index (κ2) is 13.4. The maximum atomic E-state index is 12.7. The lowest BCUT2D eigenvalue weighted by Crippen LogP contribution is -2.58. The van der Waals surface area contributed by atoms with E-state index in [2.05, 4.69) is 28.6 Å². The predicted octanol–water partition coefficient (Wildman–Crippen LogP) is -3.42. The number of hydrogen-bond donors (Lipinski definition) is 8. The van der Waals surface area contributed by atoms with E-state index in [1.807, 2.05) is 0 Å². The van der Waals surface area contributed by atoms with E-state index in [4.69, 9.17) is 22.3 Å². The number of hydrogen-bond acceptors (Lipinski definition) is 8. The maximum Gasteiger partial charge on any atom is 0.326 e. The molecule has 0 rings (SSSR count). The second-order valence-electron chi connectivity index (χ2n) is 7.16. The molecular weight excluding hydrogens is 432 g/mol. The Morgan fingerprint density at radius 2 is 1.42 bits per heavy atom. The van der Waals surface area contributed by atoms with Crippen LogP contribution in [0.4, 0.5) is 0 Å². The summed E-state index contributed by atoms with van der Waals surface area (Å²) >= 11 is 3.90. The van der Waals surface area contributed by atoms with Crippen molar-refractivity contribution in [3.05, 3.63) is 0 Å². The zero-order valence-electron chi connectivity index (χ0n) is 17.3. The van der Waals surface area contributed by atoms with Crippen molar-refractivity contribution in [2.24, 2.45) is 23.1 Å². The normalized spacial score (nSPS) is 14.6. The summed E-state index contributed by atoms with van der Waals surface area (Å²) in [6, 6.07) is -5.04. The van der Waals surface area contributed by atoms with Crippen LogP contribution in [-0.2, 0) is 28.8 Å². The average molecular weight is 463 g/mol. The summed E-state index contributed by atoms with van der Waals surface area (Å²) in [7, 11) is 0. The molecule has 10 N–H and O–H groups in total. The molecule has 0 aromatic heterocycles. The number of carboxylic acids is 1. The number of carbonyl (C=O) groups is 6. The van der Waals surface area contributed by atoms with Crippen molar-refractivity contribution >= 4 is 48.1 Å². The molecule has 0 bridgehead atoms. The largest absolute Gasteiger partial charge is 0.480 e. The summed E-state index contributed by atoms with van der Waals surface area (Å²) in [4.78, 5) is 70.7. The lowest BCUT2D eigenvalue weighted by atomic mass is 10.0. The van der Waals surface area contributed by atoms with Gasteiger partial charge in [0, 0.05) is 12.2 Å².